The summed E-state index contributed by atoms with van der Waals surface area (Å²) in [7, 11) is 0. The lowest BCUT2D eigenvalue weighted by Crippen LogP contribution is -2.39. The van der Waals surface area contributed by atoms with Crippen LogP contribution in [0.15, 0.2) is 24.3 Å². The van der Waals surface area contributed by atoms with E-state index < -0.39 is 0 Å². The van der Waals surface area contributed by atoms with E-state index in [1.807, 2.05) is 24.3 Å². The first-order chi connectivity index (χ1) is 12.3. The summed E-state index contributed by atoms with van der Waals surface area (Å²) < 4.78 is 11.3. The molecule has 6 heteroatoms. The molecule has 4 atom stereocenters. The Morgan fingerprint density at radius 1 is 1.15 bits per heavy atom. The highest BCUT2D eigenvalue weighted by atomic mass is 35.5. The molecule has 2 N–H and O–H groups in total. The van der Waals surface area contributed by atoms with Crippen molar-refractivity contribution in [3.8, 4) is 5.75 Å². The third kappa shape index (κ3) is 4.70. The molecule has 144 valence electrons. The Morgan fingerprint density at radius 3 is 2.69 bits per heavy atom. The van der Waals surface area contributed by atoms with Gasteiger partial charge >= 0.3 is 0 Å². The number of amides is 1. The number of hydrogen-bond acceptors (Lipinski definition) is 4. The van der Waals surface area contributed by atoms with Gasteiger partial charge in [-0.3, -0.25) is 4.79 Å². The van der Waals surface area contributed by atoms with Gasteiger partial charge in [-0.1, -0.05) is 12.8 Å². The lowest BCUT2D eigenvalue weighted by molar-refractivity contribution is -0.117. The minimum absolute atomic E-state index is 0. The van der Waals surface area contributed by atoms with Gasteiger partial charge in [-0.15, -0.1) is 12.4 Å². The van der Waals surface area contributed by atoms with Crippen molar-refractivity contribution in [2.45, 2.75) is 63.1 Å². The second-order valence-electron chi connectivity index (χ2n) is 7.57. The number of carbonyl (C=O) groups is 1. The van der Waals surface area contributed by atoms with Crippen molar-refractivity contribution < 1.29 is 14.3 Å². The molecule has 1 amide bonds. The van der Waals surface area contributed by atoms with Crippen LogP contribution in [0.1, 0.15) is 44.9 Å². The van der Waals surface area contributed by atoms with Crippen LogP contribution in [0.4, 0.5) is 5.69 Å². The quantitative estimate of drug-likeness (QED) is 0.820. The molecule has 0 spiro atoms. The maximum Gasteiger partial charge on any atom is 0.241 e. The van der Waals surface area contributed by atoms with Crippen LogP contribution < -0.4 is 15.4 Å². The second-order valence-corrected chi connectivity index (χ2v) is 7.57. The Bertz CT molecular complexity index is 575. The number of fused-ring (bicyclic) bond motifs is 1. The molecule has 0 bridgehead atoms. The molecule has 1 aliphatic carbocycles. The zero-order valence-corrected chi connectivity index (χ0v) is 15.9. The van der Waals surface area contributed by atoms with Crippen LogP contribution in [0, 0.1) is 5.92 Å². The smallest absolute Gasteiger partial charge is 0.241 e. The largest absolute Gasteiger partial charge is 0.491 e. The monoisotopic (exact) mass is 380 g/mol. The van der Waals surface area contributed by atoms with Gasteiger partial charge in [-0.2, -0.15) is 0 Å². The molecule has 1 aromatic rings. The Hall–Kier alpha value is -1.30. The van der Waals surface area contributed by atoms with E-state index in [9.17, 15) is 4.79 Å². The van der Waals surface area contributed by atoms with E-state index in [-0.39, 0.29) is 30.5 Å². The Balaban J connectivity index is 0.00000196. The van der Waals surface area contributed by atoms with Gasteiger partial charge in [-0.05, 0) is 62.3 Å². The van der Waals surface area contributed by atoms with Crippen molar-refractivity contribution >= 4 is 24.0 Å². The van der Waals surface area contributed by atoms with Gasteiger partial charge in [0, 0.05) is 18.3 Å². The first kappa shape index (κ1) is 19.5. The molecule has 5 nitrogen and oxygen atoms in total. The maximum absolute atomic E-state index is 12.5. The molecule has 2 aliphatic heterocycles. The molecule has 4 unspecified atom stereocenters. The molecule has 3 aliphatic rings. The Labute approximate surface area is 161 Å². The first-order valence-electron chi connectivity index (χ1n) is 9.69. The topological polar surface area (TPSA) is 59.6 Å². The standard InChI is InChI=1S/C20H28N2O3.ClH/c23-20(19-12-14-4-1-2-6-18(14)22-19)21-15-7-9-16(10-8-15)25-13-17-5-3-11-24-17;/h7-10,14,17-19,22H,1-6,11-13H2,(H,21,23);1H. The zero-order chi connectivity index (χ0) is 17.1. The minimum Gasteiger partial charge on any atom is -0.491 e. The summed E-state index contributed by atoms with van der Waals surface area (Å²) >= 11 is 0. The summed E-state index contributed by atoms with van der Waals surface area (Å²) in [4.78, 5) is 12.5. The second kappa shape index (κ2) is 9.07. The third-order valence-corrected chi connectivity index (χ3v) is 5.76. The molecule has 1 saturated carbocycles. The van der Waals surface area contributed by atoms with Crippen LogP contribution in [-0.2, 0) is 9.53 Å². The van der Waals surface area contributed by atoms with E-state index in [0.29, 0.717) is 18.6 Å². The van der Waals surface area contributed by atoms with E-state index >= 15 is 0 Å². The molecule has 3 fully saturated rings. The maximum atomic E-state index is 12.5. The normalized spacial score (nSPS) is 30.3. The summed E-state index contributed by atoms with van der Waals surface area (Å²) in [5.41, 5.74) is 0.825. The van der Waals surface area contributed by atoms with Crippen molar-refractivity contribution in [2.24, 2.45) is 5.92 Å². The Morgan fingerprint density at radius 2 is 1.96 bits per heavy atom. The first-order valence-corrected chi connectivity index (χ1v) is 9.69. The van der Waals surface area contributed by atoms with Crippen molar-refractivity contribution in [2.75, 3.05) is 18.5 Å². The average molecular weight is 381 g/mol. The fraction of sp³-hybridized carbons (Fsp3) is 0.650. The van der Waals surface area contributed by atoms with Crippen molar-refractivity contribution in [3.63, 3.8) is 0 Å². The van der Waals surface area contributed by atoms with Crippen LogP contribution in [-0.4, -0.2) is 37.3 Å². The van der Waals surface area contributed by atoms with E-state index in [1.54, 1.807) is 0 Å². The number of rotatable bonds is 5. The molecule has 0 radical (unpaired) electrons. The van der Waals surface area contributed by atoms with Gasteiger partial charge in [0.05, 0.1) is 12.1 Å². The van der Waals surface area contributed by atoms with Crippen molar-refractivity contribution in [1.29, 1.82) is 0 Å². The van der Waals surface area contributed by atoms with Gasteiger partial charge < -0.3 is 20.1 Å². The molecule has 26 heavy (non-hydrogen) atoms. The van der Waals surface area contributed by atoms with E-state index in [1.165, 1.54) is 25.7 Å². The fourth-order valence-corrected chi connectivity index (χ4v) is 4.35. The summed E-state index contributed by atoms with van der Waals surface area (Å²) in [5, 5.41) is 6.56. The molecular formula is C20H29ClN2O3. The lowest BCUT2D eigenvalue weighted by atomic mass is 9.85. The number of nitrogens with one attached hydrogen (secondary N) is 2. The predicted molar refractivity (Wildman–Crippen MR) is 104 cm³/mol. The highest BCUT2D eigenvalue weighted by molar-refractivity contribution is 5.95. The molecule has 0 aromatic heterocycles. The zero-order valence-electron chi connectivity index (χ0n) is 15.1. The number of carbonyl (C=O) groups excluding carboxylic acids is 1. The molecule has 2 heterocycles. The highest BCUT2D eigenvalue weighted by Crippen LogP contribution is 2.33. The predicted octanol–water partition coefficient (Wildman–Crippen LogP) is 3.53. The number of hydrogen-bond donors (Lipinski definition) is 2. The van der Waals surface area contributed by atoms with Gasteiger partial charge in [0.1, 0.15) is 12.4 Å². The van der Waals surface area contributed by atoms with E-state index in [0.717, 1.165) is 37.3 Å². The number of halogens is 1. The lowest BCUT2D eigenvalue weighted by Gasteiger charge is -2.24. The van der Waals surface area contributed by atoms with Crippen LogP contribution in [0.2, 0.25) is 0 Å². The van der Waals surface area contributed by atoms with E-state index in [4.69, 9.17) is 9.47 Å². The average Bonchev–Trinajstić information content (AvgIpc) is 3.30. The van der Waals surface area contributed by atoms with E-state index in [2.05, 4.69) is 10.6 Å². The van der Waals surface area contributed by atoms with Gasteiger partial charge in [0.15, 0.2) is 0 Å². The SMILES string of the molecule is Cl.O=C(Nc1ccc(OCC2CCCO2)cc1)C1CC2CCCCC2N1. The Kier molecular flexibility index (Phi) is 6.79. The number of anilines is 1. The van der Waals surface area contributed by atoms with Gasteiger partial charge in [0.2, 0.25) is 5.91 Å². The number of ether oxygens (including phenoxy) is 2. The van der Waals surface area contributed by atoms with Crippen molar-refractivity contribution in [3.05, 3.63) is 24.3 Å². The molecule has 2 saturated heterocycles. The third-order valence-electron chi connectivity index (χ3n) is 5.76. The molecular weight excluding hydrogens is 352 g/mol. The van der Waals surface area contributed by atoms with Crippen LogP contribution in [0.25, 0.3) is 0 Å². The minimum atomic E-state index is -0.0523. The van der Waals surface area contributed by atoms with Crippen molar-refractivity contribution in [1.82, 2.24) is 5.32 Å². The summed E-state index contributed by atoms with van der Waals surface area (Å²) in [6.07, 6.45) is 8.46. The fourth-order valence-electron chi connectivity index (χ4n) is 4.35. The summed E-state index contributed by atoms with van der Waals surface area (Å²) in [5.74, 6) is 1.58. The summed E-state index contributed by atoms with van der Waals surface area (Å²) in [6, 6.07) is 8.12. The van der Waals surface area contributed by atoms with Crippen LogP contribution in [0.5, 0.6) is 5.75 Å². The van der Waals surface area contributed by atoms with Gasteiger partial charge in [0.25, 0.3) is 0 Å². The highest BCUT2D eigenvalue weighted by Gasteiger charge is 2.38. The van der Waals surface area contributed by atoms with Crippen LogP contribution in [0.3, 0.4) is 0 Å². The van der Waals surface area contributed by atoms with Crippen LogP contribution >= 0.6 is 12.4 Å². The number of benzene rings is 1. The molecule has 4 rings (SSSR count). The van der Waals surface area contributed by atoms with Gasteiger partial charge in [-0.25, -0.2) is 0 Å². The molecule has 1 aromatic carbocycles. The summed E-state index contributed by atoms with van der Waals surface area (Å²) in [6.45, 7) is 1.44.